The van der Waals surface area contributed by atoms with E-state index in [0.717, 1.165) is 36.4 Å². The summed E-state index contributed by atoms with van der Waals surface area (Å²) >= 11 is 0. The molecule has 0 aliphatic carbocycles. The zero-order valence-corrected chi connectivity index (χ0v) is 23.7. The molecule has 0 amide bonds. The van der Waals surface area contributed by atoms with Crippen molar-refractivity contribution in [1.82, 2.24) is 0 Å². The summed E-state index contributed by atoms with van der Waals surface area (Å²) in [5.41, 5.74) is 1.02. The maximum atomic E-state index is 11.5. The highest BCUT2D eigenvalue weighted by Gasteiger charge is 2.32. The summed E-state index contributed by atoms with van der Waals surface area (Å²) in [5, 5.41) is 0. The lowest BCUT2D eigenvalue weighted by Gasteiger charge is -2.34. The van der Waals surface area contributed by atoms with Gasteiger partial charge in [0.05, 0.1) is 38.6 Å². The Bertz CT molecular complexity index is 864. The first-order chi connectivity index (χ1) is 16.5. The first kappa shape index (κ1) is 28.6. The van der Waals surface area contributed by atoms with Crippen LogP contribution >= 0.6 is 0 Å². The van der Waals surface area contributed by atoms with Crippen LogP contribution in [0.25, 0.3) is 0 Å². The molecule has 0 N–H and O–H groups in total. The van der Waals surface area contributed by atoms with Gasteiger partial charge in [0.1, 0.15) is 11.5 Å². The minimum absolute atomic E-state index is 0.353. The third-order valence-electron chi connectivity index (χ3n) is 5.49. The average molecular weight is 519 g/mol. The maximum absolute atomic E-state index is 11.5. The molecule has 0 unspecified atom stereocenters. The highest BCUT2D eigenvalue weighted by atomic mass is 28.4. The third kappa shape index (κ3) is 10.3. The molecule has 9 heteroatoms. The molecule has 0 saturated carbocycles. The van der Waals surface area contributed by atoms with Crippen molar-refractivity contribution in [3.63, 3.8) is 0 Å². The number of hydrogen-bond donors (Lipinski definition) is 0. The Morgan fingerprint density at radius 3 is 1.29 bits per heavy atom. The largest absolute Gasteiger partial charge is 0.494 e. The van der Waals surface area contributed by atoms with Crippen LogP contribution in [0.5, 0.6) is 11.5 Å². The summed E-state index contributed by atoms with van der Waals surface area (Å²) in [6.07, 6.45) is 1.85. The predicted molar refractivity (Wildman–Crippen MR) is 141 cm³/mol. The highest BCUT2D eigenvalue weighted by molar-refractivity contribution is 6.84. The van der Waals surface area contributed by atoms with Crippen LogP contribution in [-0.2, 0) is 13.6 Å². The second kappa shape index (κ2) is 13.5. The Hall–Kier alpha value is -2.63. The van der Waals surface area contributed by atoms with Crippen LogP contribution in [0.15, 0.2) is 48.5 Å². The number of ether oxygens (including phenoxy) is 4. The highest BCUT2D eigenvalue weighted by Crippen LogP contribution is 2.24. The summed E-state index contributed by atoms with van der Waals surface area (Å²) in [6, 6.07) is 16.0. The van der Waals surface area contributed by atoms with Gasteiger partial charge < -0.3 is 23.1 Å². The minimum Gasteiger partial charge on any atom is -0.494 e. The molecule has 0 aliphatic rings. The van der Waals surface area contributed by atoms with Gasteiger partial charge >= 0.3 is 11.9 Å². The van der Waals surface area contributed by atoms with E-state index in [1.807, 2.05) is 0 Å². The van der Waals surface area contributed by atoms with Gasteiger partial charge in [-0.2, -0.15) is 0 Å². The molecular weight excluding hydrogens is 480 g/mol. The molecule has 0 aliphatic heterocycles. The van der Waals surface area contributed by atoms with Crippen LogP contribution in [0, 0.1) is 0 Å². The van der Waals surface area contributed by atoms with Crippen molar-refractivity contribution in [3.05, 3.63) is 59.7 Å². The maximum Gasteiger partial charge on any atom is 0.337 e. The Balaban J connectivity index is 1.68. The zero-order chi connectivity index (χ0) is 25.9. The lowest BCUT2D eigenvalue weighted by molar-refractivity contribution is 0.0591. The molecule has 0 fully saturated rings. The molecule has 0 aromatic heterocycles. The number of rotatable bonds is 14. The molecule has 2 aromatic carbocycles. The fourth-order valence-corrected chi connectivity index (χ4v) is 12.6. The van der Waals surface area contributed by atoms with Crippen LogP contribution in [-0.4, -0.2) is 56.0 Å². The predicted octanol–water partition coefficient (Wildman–Crippen LogP) is 5.92. The number of benzene rings is 2. The molecule has 0 radical (unpaired) electrons. The SMILES string of the molecule is COC(=O)c1ccc(OCCC[Si](C)(C)O[Si](C)(C)CCCOc2ccc(C(=O)OC)cc2)cc1. The van der Waals surface area contributed by atoms with E-state index in [9.17, 15) is 9.59 Å². The van der Waals surface area contributed by atoms with Crippen LogP contribution in [0.4, 0.5) is 0 Å². The first-order valence-corrected chi connectivity index (χ1v) is 18.1. The zero-order valence-electron chi connectivity index (χ0n) is 21.7. The van der Waals surface area contributed by atoms with Gasteiger partial charge in [-0.15, -0.1) is 0 Å². The Labute approximate surface area is 210 Å². The van der Waals surface area contributed by atoms with Crippen LogP contribution < -0.4 is 9.47 Å². The summed E-state index contributed by atoms with van der Waals surface area (Å²) < 4.78 is 27.8. The van der Waals surface area contributed by atoms with Gasteiger partial charge in [0, 0.05) is 0 Å². The van der Waals surface area contributed by atoms with E-state index < -0.39 is 16.6 Å². The van der Waals surface area contributed by atoms with Gasteiger partial charge in [0.15, 0.2) is 16.6 Å². The normalized spacial score (nSPS) is 11.6. The Kier molecular flexibility index (Phi) is 11.0. The van der Waals surface area contributed by atoms with Gasteiger partial charge in [0.2, 0.25) is 0 Å². The van der Waals surface area contributed by atoms with Gasteiger partial charge in [0.25, 0.3) is 0 Å². The van der Waals surface area contributed by atoms with E-state index in [0.29, 0.717) is 24.3 Å². The average Bonchev–Trinajstić information content (AvgIpc) is 2.83. The van der Waals surface area contributed by atoms with Gasteiger partial charge in [-0.1, -0.05) is 0 Å². The molecule has 0 heterocycles. The van der Waals surface area contributed by atoms with E-state index in [-0.39, 0.29) is 11.9 Å². The molecule has 192 valence electrons. The smallest absolute Gasteiger partial charge is 0.337 e. The van der Waals surface area contributed by atoms with E-state index >= 15 is 0 Å². The van der Waals surface area contributed by atoms with E-state index in [4.69, 9.17) is 23.1 Å². The lowest BCUT2D eigenvalue weighted by Crippen LogP contribution is -2.44. The quantitative estimate of drug-likeness (QED) is 0.174. The minimum atomic E-state index is -1.81. The van der Waals surface area contributed by atoms with Gasteiger partial charge in [-0.3, -0.25) is 0 Å². The summed E-state index contributed by atoms with van der Waals surface area (Å²) in [4.78, 5) is 23.0. The second-order valence-corrected chi connectivity index (χ2v) is 18.4. The molecule has 0 bridgehead atoms. The van der Waals surface area contributed by atoms with Crippen LogP contribution in [0.2, 0.25) is 38.3 Å². The molecule has 0 spiro atoms. The Morgan fingerprint density at radius 1 is 0.629 bits per heavy atom. The standard InChI is InChI=1S/C26H38O7Si2/c1-29-25(27)21-9-13-23(14-10-21)31-17-7-19-34(3,4)33-35(5,6)20-8-18-32-24-15-11-22(12-16-24)26(28)30-2/h9-16H,7-8,17-20H2,1-6H3. The van der Waals surface area contributed by atoms with E-state index in [2.05, 4.69) is 26.2 Å². The summed E-state index contributed by atoms with van der Waals surface area (Å²) in [6.45, 7) is 10.3. The van der Waals surface area contributed by atoms with Crippen molar-refractivity contribution in [3.8, 4) is 11.5 Å². The van der Waals surface area contributed by atoms with Crippen molar-refractivity contribution in [2.75, 3.05) is 27.4 Å². The van der Waals surface area contributed by atoms with Crippen molar-refractivity contribution in [1.29, 1.82) is 0 Å². The van der Waals surface area contributed by atoms with E-state index in [1.165, 1.54) is 14.2 Å². The molecule has 0 atom stereocenters. The molecule has 35 heavy (non-hydrogen) atoms. The monoisotopic (exact) mass is 518 g/mol. The van der Waals surface area contributed by atoms with Crippen LogP contribution in [0.1, 0.15) is 33.6 Å². The lowest BCUT2D eigenvalue weighted by atomic mass is 10.2. The number of methoxy groups -OCH3 is 2. The second-order valence-electron chi connectivity index (χ2n) is 9.56. The van der Waals surface area contributed by atoms with Crippen molar-refractivity contribution >= 4 is 28.6 Å². The van der Waals surface area contributed by atoms with Crippen molar-refractivity contribution in [2.24, 2.45) is 0 Å². The topological polar surface area (TPSA) is 80.3 Å². The Morgan fingerprint density at radius 2 is 0.971 bits per heavy atom. The number of esters is 2. The van der Waals surface area contributed by atoms with Crippen molar-refractivity contribution < 1.29 is 32.7 Å². The first-order valence-electron chi connectivity index (χ1n) is 11.9. The van der Waals surface area contributed by atoms with Crippen LogP contribution in [0.3, 0.4) is 0 Å². The number of carbonyl (C=O) groups is 2. The fraction of sp³-hybridized carbons (Fsp3) is 0.462. The summed E-state index contributed by atoms with van der Waals surface area (Å²) in [7, 11) is -0.893. The molecule has 2 aromatic rings. The third-order valence-corrected chi connectivity index (χ3v) is 13.0. The molecular formula is C26H38O7Si2. The fourth-order valence-electron chi connectivity index (χ4n) is 3.84. The number of hydrogen-bond acceptors (Lipinski definition) is 7. The van der Waals surface area contributed by atoms with Crippen molar-refractivity contribution in [2.45, 2.75) is 51.1 Å². The molecule has 0 saturated heterocycles. The summed E-state index contributed by atoms with van der Waals surface area (Å²) in [5.74, 6) is 0.781. The van der Waals surface area contributed by atoms with E-state index in [1.54, 1.807) is 48.5 Å². The van der Waals surface area contributed by atoms with Gasteiger partial charge in [-0.05, 0) is 99.6 Å². The number of carbonyl (C=O) groups excluding carboxylic acids is 2. The molecule has 2 rings (SSSR count). The van der Waals surface area contributed by atoms with Gasteiger partial charge in [-0.25, -0.2) is 9.59 Å². The molecule has 7 nitrogen and oxygen atoms in total.